The molecule has 2 aliphatic heterocycles. The first kappa shape index (κ1) is 9.02. The summed E-state index contributed by atoms with van der Waals surface area (Å²) in [6, 6.07) is 0.326. The molecule has 0 aromatic heterocycles. The third kappa shape index (κ3) is 1.86. The van der Waals surface area contributed by atoms with E-state index in [4.69, 9.17) is 0 Å². The van der Waals surface area contributed by atoms with Crippen LogP contribution in [0.1, 0.15) is 12.8 Å². The lowest BCUT2D eigenvalue weighted by Gasteiger charge is -2.17. The third-order valence-electron chi connectivity index (χ3n) is 2.41. The number of hydrogen-bond acceptors (Lipinski definition) is 4. The summed E-state index contributed by atoms with van der Waals surface area (Å²) in [5, 5.41) is 3.18. The van der Waals surface area contributed by atoms with E-state index >= 15 is 0 Å². The van der Waals surface area contributed by atoms with Crippen LogP contribution in [0.3, 0.4) is 0 Å². The molecular formula is C8H12N2O2S. The molecule has 72 valence electrons. The van der Waals surface area contributed by atoms with Gasteiger partial charge in [-0.2, -0.15) is 0 Å². The average Bonchev–Trinajstić information content (AvgIpc) is 2.70. The van der Waals surface area contributed by atoms with Crippen LogP contribution in [0.25, 0.3) is 0 Å². The van der Waals surface area contributed by atoms with Gasteiger partial charge >= 0.3 is 0 Å². The van der Waals surface area contributed by atoms with Crippen LogP contribution in [0, 0.1) is 0 Å². The molecule has 2 amide bonds. The molecule has 2 saturated heterocycles. The van der Waals surface area contributed by atoms with E-state index in [1.165, 1.54) is 4.90 Å². The summed E-state index contributed by atoms with van der Waals surface area (Å²) in [6.07, 6.45) is 2.22. The van der Waals surface area contributed by atoms with Crippen molar-refractivity contribution in [2.24, 2.45) is 0 Å². The highest BCUT2D eigenvalue weighted by Crippen LogP contribution is 2.20. The van der Waals surface area contributed by atoms with E-state index in [2.05, 4.69) is 5.32 Å². The van der Waals surface area contributed by atoms with Crippen LogP contribution >= 0.6 is 11.8 Å². The van der Waals surface area contributed by atoms with Crippen LogP contribution < -0.4 is 5.32 Å². The van der Waals surface area contributed by atoms with Crippen LogP contribution in [-0.2, 0) is 4.79 Å². The lowest BCUT2D eigenvalue weighted by Crippen LogP contribution is -2.40. The molecule has 0 aromatic rings. The fourth-order valence-corrected chi connectivity index (χ4v) is 2.43. The lowest BCUT2D eigenvalue weighted by atomic mass is 10.2. The van der Waals surface area contributed by atoms with Crippen molar-refractivity contribution < 1.29 is 9.59 Å². The Morgan fingerprint density at radius 3 is 2.92 bits per heavy atom. The van der Waals surface area contributed by atoms with Gasteiger partial charge in [0.25, 0.3) is 5.24 Å². The van der Waals surface area contributed by atoms with Gasteiger partial charge in [0.15, 0.2) is 0 Å². The number of rotatable bonds is 2. The molecule has 2 fully saturated rings. The summed E-state index contributed by atoms with van der Waals surface area (Å²) in [7, 11) is 0. The molecule has 0 saturated carbocycles. The number of nitrogens with one attached hydrogen (secondary N) is 1. The zero-order valence-electron chi connectivity index (χ0n) is 7.28. The van der Waals surface area contributed by atoms with Crippen molar-refractivity contribution in [3.8, 4) is 0 Å². The van der Waals surface area contributed by atoms with Gasteiger partial charge in [-0.1, -0.05) is 11.8 Å². The first-order valence-corrected chi connectivity index (χ1v) is 5.46. The lowest BCUT2D eigenvalue weighted by molar-refractivity contribution is -0.124. The molecule has 0 bridgehead atoms. The van der Waals surface area contributed by atoms with E-state index in [-0.39, 0.29) is 11.1 Å². The quantitative estimate of drug-likeness (QED) is 0.702. The summed E-state index contributed by atoms with van der Waals surface area (Å²) in [4.78, 5) is 23.8. The molecule has 0 radical (unpaired) electrons. The van der Waals surface area contributed by atoms with Crippen molar-refractivity contribution >= 4 is 22.9 Å². The topological polar surface area (TPSA) is 49.4 Å². The second-order valence-electron chi connectivity index (χ2n) is 3.35. The molecule has 0 spiro atoms. The van der Waals surface area contributed by atoms with Crippen LogP contribution in [-0.4, -0.2) is 40.9 Å². The summed E-state index contributed by atoms with van der Waals surface area (Å²) >= 11 is 1.11. The first-order chi connectivity index (χ1) is 6.27. The van der Waals surface area contributed by atoms with Crippen molar-refractivity contribution in [1.29, 1.82) is 0 Å². The van der Waals surface area contributed by atoms with E-state index in [0.717, 1.165) is 31.1 Å². The number of carbonyl (C=O) groups is 2. The van der Waals surface area contributed by atoms with Gasteiger partial charge in [0.1, 0.15) is 0 Å². The minimum atomic E-state index is -0.0845. The Kier molecular flexibility index (Phi) is 2.55. The van der Waals surface area contributed by atoms with Gasteiger partial charge in [-0.05, 0) is 19.4 Å². The van der Waals surface area contributed by atoms with Crippen molar-refractivity contribution in [2.45, 2.75) is 18.9 Å². The number of nitrogens with zero attached hydrogens (tertiary/aromatic N) is 1. The SMILES string of the molecule is O=C1CSC(=O)N1C[C@@H]1CCCN1. The molecule has 0 aliphatic carbocycles. The Bertz CT molecular complexity index is 222. The maximum absolute atomic E-state index is 11.2. The molecule has 2 rings (SSSR count). The largest absolute Gasteiger partial charge is 0.312 e. The first-order valence-electron chi connectivity index (χ1n) is 4.48. The van der Waals surface area contributed by atoms with E-state index < -0.39 is 0 Å². The Hall–Kier alpha value is -0.550. The third-order valence-corrected chi connectivity index (χ3v) is 3.26. The molecule has 4 nitrogen and oxygen atoms in total. The van der Waals surface area contributed by atoms with Gasteiger partial charge in [-0.15, -0.1) is 0 Å². The Balaban J connectivity index is 1.92. The number of hydrogen-bond donors (Lipinski definition) is 1. The zero-order chi connectivity index (χ0) is 9.26. The van der Waals surface area contributed by atoms with Crippen molar-refractivity contribution in [3.63, 3.8) is 0 Å². The highest BCUT2D eigenvalue weighted by atomic mass is 32.2. The van der Waals surface area contributed by atoms with E-state index in [1.807, 2.05) is 0 Å². The molecule has 0 aromatic carbocycles. The highest BCUT2D eigenvalue weighted by molar-refractivity contribution is 8.14. The summed E-state index contributed by atoms with van der Waals surface area (Å²) in [5.41, 5.74) is 0. The van der Waals surface area contributed by atoms with Gasteiger partial charge in [0.2, 0.25) is 5.91 Å². The average molecular weight is 200 g/mol. The van der Waals surface area contributed by atoms with Crippen LogP contribution in [0.15, 0.2) is 0 Å². The maximum atomic E-state index is 11.2. The van der Waals surface area contributed by atoms with Crippen LogP contribution in [0.5, 0.6) is 0 Å². The molecule has 5 heteroatoms. The number of thioether (sulfide) groups is 1. The van der Waals surface area contributed by atoms with E-state index in [9.17, 15) is 9.59 Å². The van der Waals surface area contributed by atoms with Crippen molar-refractivity contribution in [1.82, 2.24) is 10.2 Å². The van der Waals surface area contributed by atoms with E-state index in [0.29, 0.717) is 18.3 Å². The summed E-state index contributed by atoms with van der Waals surface area (Å²) in [5.74, 6) is 0.287. The smallest absolute Gasteiger partial charge is 0.288 e. The number of amides is 2. The van der Waals surface area contributed by atoms with Gasteiger partial charge in [0.05, 0.1) is 5.75 Å². The molecule has 2 aliphatic rings. The fourth-order valence-electron chi connectivity index (χ4n) is 1.69. The van der Waals surface area contributed by atoms with Gasteiger partial charge in [-0.25, -0.2) is 0 Å². The second kappa shape index (κ2) is 3.67. The predicted octanol–water partition coefficient (Wildman–Crippen LogP) is 0.434. The molecule has 0 unspecified atom stereocenters. The Labute approximate surface area is 81.0 Å². The number of imide groups is 1. The number of carbonyl (C=O) groups excluding carboxylic acids is 2. The molecule has 13 heavy (non-hydrogen) atoms. The summed E-state index contributed by atoms with van der Waals surface area (Å²) < 4.78 is 0. The fraction of sp³-hybridized carbons (Fsp3) is 0.750. The highest BCUT2D eigenvalue weighted by Gasteiger charge is 2.32. The van der Waals surface area contributed by atoms with Gasteiger partial charge in [0, 0.05) is 12.6 Å². The minimum Gasteiger partial charge on any atom is -0.312 e. The predicted molar refractivity (Wildman–Crippen MR) is 50.6 cm³/mol. The van der Waals surface area contributed by atoms with Crippen LogP contribution in [0.4, 0.5) is 4.79 Å². The molecule has 1 atom stereocenters. The van der Waals surface area contributed by atoms with Crippen molar-refractivity contribution in [2.75, 3.05) is 18.8 Å². The van der Waals surface area contributed by atoms with Crippen LogP contribution in [0.2, 0.25) is 0 Å². The van der Waals surface area contributed by atoms with Crippen molar-refractivity contribution in [3.05, 3.63) is 0 Å². The normalized spacial score (nSPS) is 28.9. The molecular weight excluding hydrogens is 188 g/mol. The van der Waals surface area contributed by atoms with Gasteiger partial charge < -0.3 is 5.32 Å². The Morgan fingerprint density at radius 2 is 2.38 bits per heavy atom. The van der Waals surface area contributed by atoms with E-state index in [1.54, 1.807) is 0 Å². The van der Waals surface area contributed by atoms with Gasteiger partial charge in [-0.3, -0.25) is 14.5 Å². The summed E-state index contributed by atoms with van der Waals surface area (Å²) in [6.45, 7) is 1.57. The maximum Gasteiger partial charge on any atom is 0.288 e. The standard InChI is InChI=1S/C8H12N2O2S/c11-7-5-13-8(12)10(7)4-6-2-1-3-9-6/h6,9H,1-5H2/t6-/m0/s1. The molecule has 1 N–H and O–H groups in total. The minimum absolute atomic E-state index is 0.0382. The molecule has 2 heterocycles. The monoisotopic (exact) mass is 200 g/mol. The zero-order valence-corrected chi connectivity index (χ0v) is 8.10. The second-order valence-corrected chi connectivity index (χ2v) is 4.28. The Morgan fingerprint density at radius 1 is 1.54 bits per heavy atom.